The van der Waals surface area contributed by atoms with Gasteiger partial charge in [-0.3, -0.25) is 4.79 Å². The van der Waals surface area contributed by atoms with Crippen molar-refractivity contribution in [3.05, 3.63) is 0 Å². The lowest BCUT2D eigenvalue weighted by molar-refractivity contribution is -0.122. The summed E-state index contributed by atoms with van der Waals surface area (Å²) in [6.45, 7) is 3.09. The molecule has 0 aromatic rings. The van der Waals surface area contributed by atoms with Gasteiger partial charge in [-0.2, -0.15) is 0 Å². The lowest BCUT2D eigenvalue weighted by atomic mass is 9.84. The van der Waals surface area contributed by atoms with Crippen molar-refractivity contribution in [3.8, 4) is 0 Å². The first kappa shape index (κ1) is 16.5. The normalized spacial score (nSPS) is 23.3. The quantitative estimate of drug-likeness (QED) is 0.630. The lowest BCUT2D eigenvalue weighted by Crippen LogP contribution is -2.31. The van der Waals surface area contributed by atoms with Crippen LogP contribution in [0.3, 0.4) is 0 Å². The zero-order chi connectivity index (χ0) is 13.9. The second-order valence-electron chi connectivity index (χ2n) is 6.10. The van der Waals surface area contributed by atoms with Gasteiger partial charge in [0.1, 0.15) is 0 Å². The lowest BCUT2D eigenvalue weighted by Gasteiger charge is -2.25. The average molecular weight is 268 g/mol. The van der Waals surface area contributed by atoms with E-state index in [4.69, 9.17) is 5.73 Å². The minimum Gasteiger partial charge on any atom is -0.356 e. The third kappa shape index (κ3) is 8.25. The van der Waals surface area contributed by atoms with Gasteiger partial charge in [-0.25, -0.2) is 0 Å². The van der Waals surface area contributed by atoms with Gasteiger partial charge in [0, 0.05) is 19.0 Å². The van der Waals surface area contributed by atoms with E-state index < -0.39 is 0 Å². The van der Waals surface area contributed by atoms with Crippen molar-refractivity contribution in [1.82, 2.24) is 5.32 Å². The molecule has 0 bridgehead atoms. The highest BCUT2D eigenvalue weighted by atomic mass is 16.1. The standard InChI is InChI=1S/C16H32N2O/c1-2-3-4-5-6-7-12-18-16(19)13-14-8-10-15(17)11-9-14/h14-15H,2-13,17H2,1H3,(H,18,19). The summed E-state index contributed by atoms with van der Waals surface area (Å²) in [6.07, 6.45) is 12.8. The summed E-state index contributed by atoms with van der Waals surface area (Å²) in [5.74, 6) is 0.818. The Morgan fingerprint density at radius 2 is 1.68 bits per heavy atom. The highest BCUT2D eigenvalue weighted by molar-refractivity contribution is 5.76. The number of carbonyl (C=O) groups excluding carboxylic acids is 1. The number of nitrogens with two attached hydrogens (primary N) is 1. The SMILES string of the molecule is CCCCCCCCNC(=O)CC1CCC(N)CC1. The smallest absolute Gasteiger partial charge is 0.220 e. The molecule has 112 valence electrons. The predicted molar refractivity (Wildman–Crippen MR) is 80.9 cm³/mol. The molecule has 1 aliphatic rings. The maximum absolute atomic E-state index is 11.8. The summed E-state index contributed by atoms with van der Waals surface area (Å²) in [5.41, 5.74) is 5.88. The fourth-order valence-electron chi connectivity index (χ4n) is 2.86. The van der Waals surface area contributed by atoms with E-state index in [-0.39, 0.29) is 5.91 Å². The van der Waals surface area contributed by atoms with Gasteiger partial charge in [0.25, 0.3) is 0 Å². The number of hydrogen-bond donors (Lipinski definition) is 2. The zero-order valence-electron chi connectivity index (χ0n) is 12.6. The van der Waals surface area contributed by atoms with Crippen LogP contribution < -0.4 is 11.1 Å². The van der Waals surface area contributed by atoms with Gasteiger partial charge in [-0.1, -0.05) is 39.0 Å². The van der Waals surface area contributed by atoms with Gasteiger partial charge in [0.15, 0.2) is 0 Å². The second kappa shape index (κ2) is 10.2. The molecule has 0 spiro atoms. The molecular formula is C16H32N2O. The minimum atomic E-state index is 0.244. The largest absolute Gasteiger partial charge is 0.356 e. The molecular weight excluding hydrogens is 236 g/mol. The van der Waals surface area contributed by atoms with Crippen molar-refractivity contribution >= 4 is 5.91 Å². The molecule has 1 saturated carbocycles. The maximum Gasteiger partial charge on any atom is 0.220 e. The second-order valence-corrected chi connectivity index (χ2v) is 6.10. The molecule has 3 heteroatoms. The fourth-order valence-corrected chi connectivity index (χ4v) is 2.86. The Hall–Kier alpha value is -0.570. The fraction of sp³-hybridized carbons (Fsp3) is 0.938. The van der Waals surface area contributed by atoms with Gasteiger partial charge in [-0.05, 0) is 38.0 Å². The van der Waals surface area contributed by atoms with Crippen LogP contribution in [0.2, 0.25) is 0 Å². The molecule has 0 saturated heterocycles. The van der Waals surface area contributed by atoms with Crippen molar-refractivity contribution in [3.63, 3.8) is 0 Å². The molecule has 0 radical (unpaired) electrons. The Labute approximate surface area is 118 Å². The van der Waals surface area contributed by atoms with E-state index in [9.17, 15) is 4.79 Å². The van der Waals surface area contributed by atoms with Gasteiger partial charge < -0.3 is 11.1 Å². The van der Waals surface area contributed by atoms with Crippen LogP contribution in [0, 0.1) is 5.92 Å². The van der Waals surface area contributed by atoms with Crippen LogP contribution in [-0.2, 0) is 4.79 Å². The van der Waals surface area contributed by atoms with Crippen LogP contribution in [0.5, 0.6) is 0 Å². The maximum atomic E-state index is 11.8. The summed E-state index contributed by atoms with van der Waals surface area (Å²) in [6, 6.07) is 0.377. The number of rotatable bonds is 9. The molecule has 0 aromatic heterocycles. The van der Waals surface area contributed by atoms with Crippen LogP contribution in [-0.4, -0.2) is 18.5 Å². The van der Waals surface area contributed by atoms with E-state index in [2.05, 4.69) is 12.2 Å². The topological polar surface area (TPSA) is 55.1 Å². The van der Waals surface area contributed by atoms with E-state index in [0.717, 1.165) is 38.6 Å². The van der Waals surface area contributed by atoms with Crippen molar-refractivity contribution < 1.29 is 4.79 Å². The van der Waals surface area contributed by atoms with Gasteiger partial charge >= 0.3 is 0 Å². The summed E-state index contributed by atoms with van der Waals surface area (Å²) < 4.78 is 0. The van der Waals surface area contributed by atoms with Crippen molar-refractivity contribution in [2.75, 3.05) is 6.54 Å². The van der Waals surface area contributed by atoms with Gasteiger partial charge in [-0.15, -0.1) is 0 Å². The number of amides is 1. The molecule has 3 N–H and O–H groups in total. The summed E-state index contributed by atoms with van der Waals surface area (Å²) >= 11 is 0. The molecule has 0 atom stereocenters. The van der Waals surface area contributed by atoms with Crippen LogP contribution in [0.25, 0.3) is 0 Å². The number of unbranched alkanes of at least 4 members (excludes halogenated alkanes) is 5. The molecule has 3 nitrogen and oxygen atoms in total. The van der Waals surface area contributed by atoms with E-state index in [1.54, 1.807) is 0 Å². The van der Waals surface area contributed by atoms with E-state index in [0.29, 0.717) is 18.4 Å². The summed E-state index contributed by atoms with van der Waals surface area (Å²) in [7, 11) is 0. The molecule has 19 heavy (non-hydrogen) atoms. The highest BCUT2D eigenvalue weighted by Crippen LogP contribution is 2.25. The molecule has 1 fully saturated rings. The monoisotopic (exact) mass is 268 g/mol. The van der Waals surface area contributed by atoms with Crippen molar-refractivity contribution in [2.45, 2.75) is 83.6 Å². The first-order valence-electron chi connectivity index (χ1n) is 8.24. The van der Waals surface area contributed by atoms with Crippen LogP contribution in [0.1, 0.15) is 77.6 Å². The number of nitrogens with one attached hydrogen (secondary N) is 1. The molecule has 0 unspecified atom stereocenters. The molecule has 1 rings (SSSR count). The van der Waals surface area contributed by atoms with E-state index in [1.807, 2.05) is 0 Å². The molecule has 1 aliphatic carbocycles. The van der Waals surface area contributed by atoms with Gasteiger partial charge in [0.05, 0.1) is 0 Å². The first-order chi connectivity index (χ1) is 9.22. The Morgan fingerprint density at radius 3 is 2.37 bits per heavy atom. The molecule has 0 aromatic carbocycles. The van der Waals surface area contributed by atoms with Crippen LogP contribution in [0.15, 0.2) is 0 Å². The van der Waals surface area contributed by atoms with Crippen molar-refractivity contribution in [1.29, 1.82) is 0 Å². The Balaban J connectivity index is 1.93. The Bertz CT molecular complexity index is 235. The molecule has 0 aliphatic heterocycles. The minimum absolute atomic E-state index is 0.244. The Kier molecular flexibility index (Phi) is 8.89. The molecule has 1 amide bonds. The third-order valence-corrected chi connectivity index (χ3v) is 4.22. The summed E-state index contributed by atoms with van der Waals surface area (Å²) in [5, 5.41) is 3.06. The van der Waals surface area contributed by atoms with E-state index in [1.165, 1.54) is 32.1 Å². The Morgan fingerprint density at radius 1 is 1.05 bits per heavy atom. The first-order valence-corrected chi connectivity index (χ1v) is 8.24. The average Bonchev–Trinajstić information content (AvgIpc) is 2.40. The third-order valence-electron chi connectivity index (χ3n) is 4.22. The highest BCUT2D eigenvalue weighted by Gasteiger charge is 2.20. The number of carbonyl (C=O) groups is 1. The van der Waals surface area contributed by atoms with E-state index >= 15 is 0 Å². The van der Waals surface area contributed by atoms with Crippen LogP contribution in [0.4, 0.5) is 0 Å². The molecule has 0 heterocycles. The number of hydrogen-bond acceptors (Lipinski definition) is 2. The predicted octanol–water partition coefficient (Wildman–Crippen LogP) is 3.37. The van der Waals surface area contributed by atoms with Crippen LogP contribution >= 0.6 is 0 Å². The summed E-state index contributed by atoms with van der Waals surface area (Å²) in [4.78, 5) is 11.8. The van der Waals surface area contributed by atoms with Crippen molar-refractivity contribution in [2.24, 2.45) is 11.7 Å². The van der Waals surface area contributed by atoms with Gasteiger partial charge in [0.2, 0.25) is 5.91 Å². The zero-order valence-corrected chi connectivity index (χ0v) is 12.6.